The van der Waals surface area contributed by atoms with Gasteiger partial charge in [-0.3, -0.25) is 5.84 Å². The van der Waals surface area contributed by atoms with Crippen LogP contribution in [0, 0.1) is 17.2 Å². The van der Waals surface area contributed by atoms with Gasteiger partial charge in [-0.15, -0.1) is 0 Å². The van der Waals surface area contributed by atoms with Crippen molar-refractivity contribution in [1.82, 2.24) is 5.43 Å². The number of nitrogens with one attached hydrogen (secondary N) is 1. The molecule has 3 nitrogen and oxygen atoms in total. The fourth-order valence-electron chi connectivity index (χ4n) is 1.63. The molecular weight excluding hydrogens is 198 g/mol. The van der Waals surface area contributed by atoms with Crippen molar-refractivity contribution in [3.63, 3.8) is 0 Å². The number of benzene rings is 1. The Morgan fingerprint density at radius 2 is 1.94 bits per heavy atom. The normalized spacial score (nSPS) is 14.5. The average molecular weight is 217 g/mol. The van der Waals surface area contributed by atoms with E-state index in [4.69, 9.17) is 11.1 Å². The monoisotopic (exact) mass is 217 g/mol. The first-order valence-corrected chi connectivity index (χ1v) is 5.50. The highest BCUT2D eigenvalue weighted by Gasteiger charge is 2.23. The molecule has 0 radical (unpaired) electrons. The Balaban J connectivity index is 2.91. The minimum atomic E-state index is -0.809. The van der Waals surface area contributed by atoms with Crippen LogP contribution in [-0.2, 0) is 12.0 Å². The van der Waals surface area contributed by atoms with Crippen molar-refractivity contribution >= 4 is 0 Å². The van der Waals surface area contributed by atoms with Crippen LogP contribution in [0.4, 0.5) is 0 Å². The van der Waals surface area contributed by atoms with Crippen LogP contribution < -0.4 is 11.3 Å². The first-order valence-electron chi connectivity index (χ1n) is 5.50. The molecule has 3 heteroatoms. The minimum absolute atomic E-state index is 0.640. The lowest BCUT2D eigenvalue weighted by molar-refractivity contribution is 0.482. The molecule has 3 N–H and O–H groups in total. The molecular formula is C13H19N3. The Morgan fingerprint density at radius 3 is 2.31 bits per heavy atom. The molecule has 1 aromatic carbocycles. The van der Waals surface area contributed by atoms with Gasteiger partial charge >= 0.3 is 0 Å². The van der Waals surface area contributed by atoms with Crippen LogP contribution in [0.25, 0.3) is 0 Å². The van der Waals surface area contributed by atoms with Crippen molar-refractivity contribution in [1.29, 1.82) is 5.26 Å². The van der Waals surface area contributed by atoms with E-state index in [-0.39, 0.29) is 0 Å². The number of nitrogens with two attached hydrogens (primary N) is 1. The lowest BCUT2D eigenvalue weighted by Crippen LogP contribution is -2.42. The van der Waals surface area contributed by atoms with Crippen molar-refractivity contribution in [2.24, 2.45) is 11.8 Å². The van der Waals surface area contributed by atoms with Gasteiger partial charge in [0.2, 0.25) is 0 Å². The van der Waals surface area contributed by atoms with E-state index < -0.39 is 5.54 Å². The van der Waals surface area contributed by atoms with Gasteiger partial charge in [0, 0.05) is 0 Å². The standard InChI is InChI=1S/C13H19N3/c1-10(2)8-11-4-6-12(7-5-11)13(3,9-14)16-15/h4-7,10,16H,8,15H2,1-3H3. The van der Waals surface area contributed by atoms with Crippen LogP contribution in [0.15, 0.2) is 24.3 Å². The molecule has 1 unspecified atom stereocenters. The predicted octanol–water partition coefficient (Wildman–Crippen LogP) is 2.09. The second-order valence-corrected chi connectivity index (χ2v) is 4.68. The highest BCUT2D eigenvalue weighted by atomic mass is 15.3. The molecule has 0 aliphatic heterocycles. The summed E-state index contributed by atoms with van der Waals surface area (Å²) in [4.78, 5) is 0. The largest absolute Gasteiger partial charge is 0.270 e. The number of nitrogens with zero attached hydrogens (tertiary/aromatic N) is 1. The molecule has 0 bridgehead atoms. The van der Waals surface area contributed by atoms with Crippen molar-refractivity contribution in [3.05, 3.63) is 35.4 Å². The number of nitriles is 1. The van der Waals surface area contributed by atoms with E-state index in [0.29, 0.717) is 5.92 Å². The molecule has 0 aliphatic carbocycles. The van der Waals surface area contributed by atoms with E-state index in [9.17, 15) is 0 Å². The third-order valence-electron chi connectivity index (χ3n) is 2.69. The summed E-state index contributed by atoms with van der Waals surface area (Å²) in [7, 11) is 0. The van der Waals surface area contributed by atoms with E-state index in [0.717, 1.165) is 12.0 Å². The molecule has 0 fully saturated rings. The van der Waals surface area contributed by atoms with Crippen LogP contribution in [0.5, 0.6) is 0 Å². The van der Waals surface area contributed by atoms with E-state index in [1.165, 1.54) is 5.56 Å². The van der Waals surface area contributed by atoms with Gasteiger partial charge in [0.1, 0.15) is 5.54 Å². The van der Waals surface area contributed by atoms with Gasteiger partial charge in [0.05, 0.1) is 6.07 Å². The van der Waals surface area contributed by atoms with Crippen LogP contribution in [0.2, 0.25) is 0 Å². The Morgan fingerprint density at radius 1 is 1.38 bits per heavy atom. The molecule has 86 valence electrons. The van der Waals surface area contributed by atoms with Gasteiger partial charge in [-0.25, -0.2) is 5.43 Å². The van der Waals surface area contributed by atoms with Crippen molar-refractivity contribution in [2.45, 2.75) is 32.7 Å². The first-order chi connectivity index (χ1) is 7.51. The Bertz CT molecular complexity index is 375. The zero-order chi connectivity index (χ0) is 12.2. The molecule has 1 atom stereocenters. The SMILES string of the molecule is CC(C)Cc1ccc(C(C)(C#N)NN)cc1. The molecule has 0 aliphatic rings. The summed E-state index contributed by atoms with van der Waals surface area (Å²) in [5, 5.41) is 9.06. The van der Waals surface area contributed by atoms with Gasteiger partial charge < -0.3 is 0 Å². The maximum atomic E-state index is 9.06. The zero-order valence-electron chi connectivity index (χ0n) is 10.1. The van der Waals surface area contributed by atoms with Gasteiger partial charge in [0.15, 0.2) is 0 Å². The van der Waals surface area contributed by atoms with Crippen molar-refractivity contribution < 1.29 is 0 Å². The Labute approximate surface area is 97.2 Å². The maximum Gasteiger partial charge on any atom is 0.141 e. The summed E-state index contributed by atoms with van der Waals surface area (Å²) in [5.41, 5.74) is 3.92. The Hall–Kier alpha value is -1.37. The lowest BCUT2D eigenvalue weighted by Gasteiger charge is -2.21. The summed E-state index contributed by atoms with van der Waals surface area (Å²) >= 11 is 0. The molecule has 16 heavy (non-hydrogen) atoms. The average Bonchev–Trinajstić information content (AvgIpc) is 2.28. The van der Waals surface area contributed by atoms with E-state index in [2.05, 4.69) is 37.5 Å². The van der Waals surface area contributed by atoms with Gasteiger partial charge in [0.25, 0.3) is 0 Å². The summed E-state index contributed by atoms with van der Waals surface area (Å²) in [6, 6.07) is 10.2. The molecule has 0 saturated carbocycles. The van der Waals surface area contributed by atoms with E-state index >= 15 is 0 Å². The minimum Gasteiger partial charge on any atom is -0.270 e. The van der Waals surface area contributed by atoms with Crippen molar-refractivity contribution in [2.75, 3.05) is 0 Å². The second kappa shape index (κ2) is 5.11. The highest BCUT2D eigenvalue weighted by Crippen LogP contribution is 2.20. The third-order valence-corrected chi connectivity index (χ3v) is 2.69. The predicted molar refractivity (Wildman–Crippen MR) is 65.3 cm³/mol. The summed E-state index contributed by atoms with van der Waals surface area (Å²) in [6.07, 6.45) is 1.06. The number of hydrogen-bond acceptors (Lipinski definition) is 3. The number of rotatable bonds is 4. The summed E-state index contributed by atoms with van der Waals surface area (Å²) in [6.45, 7) is 6.15. The molecule has 0 heterocycles. The topological polar surface area (TPSA) is 61.8 Å². The van der Waals surface area contributed by atoms with Gasteiger partial charge in [-0.05, 0) is 30.4 Å². The maximum absolute atomic E-state index is 9.06. The smallest absolute Gasteiger partial charge is 0.141 e. The van der Waals surface area contributed by atoms with Crippen LogP contribution >= 0.6 is 0 Å². The van der Waals surface area contributed by atoms with E-state index in [1.54, 1.807) is 6.92 Å². The quantitative estimate of drug-likeness (QED) is 0.599. The third kappa shape index (κ3) is 2.82. The van der Waals surface area contributed by atoms with Gasteiger partial charge in [-0.2, -0.15) is 5.26 Å². The molecule has 0 amide bonds. The second-order valence-electron chi connectivity index (χ2n) is 4.68. The number of hydrazine groups is 1. The molecule has 1 aromatic rings. The summed E-state index contributed by atoms with van der Waals surface area (Å²) in [5.74, 6) is 6.04. The highest BCUT2D eigenvalue weighted by molar-refractivity contribution is 5.32. The van der Waals surface area contributed by atoms with Crippen molar-refractivity contribution in [3.8, 4) is 6.07 Å². The van der Waals surface area contributed by atoms with Gasteiger partial charge in [-0.1, -0.05) is 38.1 Å². The van der Waals surface area contributed by atoms with Crippen LogP contribution in [0.3, 0.4) is 0 Å². The zero-order valence-corrected chi connectivity index (χ0v) is 10.1. The molecule has 0 saturated heterocycles. The van der Waals surface area contributed by atoms with Crippen LogP contribution in [0.1, 0.15) is 31.9 Å². The first kappa shape index (κ1) is 12.7. The Kier molecular flexibility index (Phi) is 4.05. The van der Waals surface area contributed by atoms with Crippen LogP contribution in [-0.4, -0.2) is 0 Å². The number of hydrogen-bond donors (Lipinski definition) is 2. The fraction of sp³-hybridized carbons (Fsp3) is 0.462. The summed E-state index contributed by atoms with van der Waals surface area (Å²) < 4.78 is 0. The molecule has 1 rings (SSSR count). The fourth-order valence-corrected chi connectivity index (χ4v) is 1.63. The molecule has 0 aromatic heterocycles. The lowest BCUT2D eigenvalue weighted by atomic mass is 9.92. The molecule has 0 spiro atoms. The van der Waals surface area contributed by atoms with E-state index in [1.807, 2.05) is 12.1 Å².